The highest BCUT2D eigenvalue weighted by atomic mass is 35.5. The van der Waals surface area contributed by atoms with Crippen LogP contribution in [0.1, 0.15) is 12.5 Å². The largest absolute Gasteiger partial charge is 0.479 e. The summed E-state index contributed by atoms with van der Waals surface area (Å²) in [5, 5.41) is 3.25. The first-order chi connectivity index (χ1) is 10.6. The molecule has 0 saturated heterocycles. The lowest BCUT2D eigenvalue weighted by atomic mass is 10.1. The van der Waals surface area contributed by atoms with Crippen LogP contribution in [0.25, 0.3) is 0 Å². The number of carbonyl (C=O) groups excluding carboxylic acids is 1. The number of rotatable bonds is 6. The normalized spacial score (nSPS) is 11.8. The zero-order chi connectivity index (χ0) is 15.9. The molecule has 0 aliphatic carbocycles. The minimum absolute atomic E-state index is 0.220. The van der Waals surface area contributed by atoms with Gasteiger partial charge in [0.15, 0.2) is 6.10 Å². The average Bonchev–Trinajstić information content (AvgIpc) is 2.51. The van der Waals surface area contributed by atoms with Gasteiger partial charge < -0.3 is 10.1 Å². The number of hydrogen-bond donors (Lipinski definition) is 1. The van der Waals surface area contributed by atoms with E-state index in [0.717, 1.165) is 5.56 Å². The predicted octanol–water partition coefficient (Wildman–Crippen LogP) is 3.61. The second kappa shape index (κ2) is 7.80. The maximum atomic E-state index is 12.8. The van der Waals surface area contributed by atoms with Crippen molar-refractivity contribution in [2.24, 2.45) is 0 Å². The Balaban J connectivity index is 1.79. The molecule has 0 spiro atoms. The van der Waals surface area contributed by atoms with Gasteiger partial charge in [-0.3, -0.25) is 4.79 Å². The number of ether oxygens (including phenoxy) is 1. The van der Waals surface area contributed by atoms with Gasteiger partial charge in [0, 0.05) is 6.54 Å². The van der Waals surface area contributed by atoms with Crippen LogP contribution in [-0.2, 0) is 11.2 Å². The third kappa shape index (κ3) is 4.74. The molecule has 5 heteroatoms. The van der Waals surface area contributed by atoms with Crippen LogP contribution in [0.3, 0.4) is 0 Å². The molecule has 3 nitrogen and oxygen atoms in total. The van der Waals surface area contributed by atoms with Gasteiger partial charge in [-0.15, -0.1) is 0 Å². The Morgan fingerprint density at radius 1 is 1.23 bits per heavy atom. The molecule has 0 saturated carbocycles. The van der Waals surface area contributed by atoms with Crippen molar-refractivity contribution in [1.29, 1.82) is 0 Å². The molecule has 1 atom stereocenters. The summed E-state index contributed by atoms with van der Waals surface area (Å²) < 4.78 is 18.3. The topological polar surface area (TPSA) is 38.3 Å². The van der Waals surface area contributed by atoms with E-state index in [1.807, 2.05) is 0 Å². The second-order valence-electron chi connectivity index (χ2n) is 4.86. The number of nitrogens with one attached hydrogen (secondary N) is 1. The molecule has 0 heterocycles. The van der Waals surface area contributed by atoms with Gasteiger partial charge in [-0.25, -0.2) is 4.39 Å². The van der Waals surface area contributed by atoms with E-state index in [2.05, 4.69) is 5.32 Å². The molecule has 0 aromatic heterocycles. The van der Waals surface area contributed by atoms with Gasteiger partial charge in [0.25, 0.3) is 5.91 Å². The third-order valence-electron chi connectivity index (χ3n) is 3.14. The fourth-order valence-corrected chi connectivity index (χ4v) is 2.09. The molecule has 2 aromatic rings. The fourth-order valence-electron chi connectivity index (χ4n) is 1.91. The summed E-state index contributed by atoms with van der Waals surface area (Å²) in [5.41, 5.74) is 0.960. The lowest BCUT2D eigenvalue weighted by Gasteiger charge is -2.15. The average molecular weight is 322 g/mol. The Kier molecular flexibility index (Phi) is 5.78. The Morgan fingerprint density at radius 2 is 1.91 bits per heavy atom. The lowest BCUT2D eigenvalue weighted by molar-refractivity contribution is -0.127. The summed E-state index contributed by atoms with van der Waals surface area (Å²) in [7, 11) is 0. The van der Waals surface area contributed by atoms with Crippen LogP contribution in [-0.4, -0.2) is 18.6 Å². The molecule has 0 radical (unpaired) electrons. The van der Waals surface area contributed by atoms with E-state index in [1.165, 1.54) is 12.1 Å². The van der Waals surface area contributed by atoms with Gasteiger partial charge in [0.2, 0.25) is 0 Å². The van der Waals surface area contributed by atoms with Crippen LogP contribution in [0, 0.1) is 5.82 Å². The van der Waals surface area contributed by atoms with E-state index < -0.39 is 6.10 Å². The summed E-state index contributed by atoms with van der Waals surface area (Å²) in [5.74, 6) is -0.0121. The maximum Gasteiger partial charge on any atom is 0.260 e. The summed E-state index contributed by atoms with van der Waals surface area (Å²) in [6, 6.07) is 13.2. The summed E-state index contributed by atoms with van der Waals surface area (Å²) in [4.78, 5) is 12.0. The van der Waals surface area contributed by atoms with Crippen LogP contribution >= 0.6 is 11.6 Å². The molecule has 0 bridgehead atoms. The highest BCUT2D eigenvalue weighted by Gasteiger charge is 2.15. The molecular formula is C17H17ClFNO2. The molecule has 0 aliphatic heterocycles. The second-order valence-corrected chi connectivity index (χ2v) is 5.27. The maximum absolute atomic E-state index is 12.8. The van der Waals surface area contributed by atoms with Crippen molar-refractivity contribution < 1.29 is 13.9 Å². The van der Waals surface area contributed by atoms with Crippen molar-refractivity contribution in [3.8, 4) is 5.75 Å². The highest BCUT2D eigenvalue weighted by molar-refractivity contribution is 6.32. The van der Waals surface area contributed by atoms with E-state index in [4.69, 9.17) is 16.3 Å². The lowest BCUT2D eigenvalue weighted by Crippen LogP contribution is -2.37. The first-order valence-corrected chi connectivity index (χ1v) is 7.37. The zero-order valence-electron chi connectivity index (χ0n) is 12.2. The number of hydrogen-bond acceptors (Lipinski definition) is 2. The monoisotopic (exact) mass is 321 g/mol. The van der Waals surface area contributed by atoms with Crippen molar-refractivity contribution in [3.05, 3.63) is 64.9 Å². The number of para-hydroxylation sites is 1. The van der Waals surface area contributed by atoms with E-state index in [1.54, 1.807) is 43.3 Å². The number of benzene rings is 2. The van der Waals surface area contributed by atoms with Crippen LogP contribution in [0.2, 0.25) is 5.02 Å². The SMILES string of the molecule is C[C@@H](Oc1ccccc1Cl)C(=O)NCCc1ccc(F)cc1. The first kappa shape index (κ1) is 16.3. The number of halogens is 2. The Morgan fingerprint density at radius 3 is 2.59 bits per heavy atom. The minimum atomic E-state index is -0.645. The molecule has 0 unspecified atom stereocenters. The smallest absolute Gasteiger partial charge is 0.260 e. The van der Waals surface area contributed by atoms with Gasteiger partial charge in [0.05, 0.1) is 5.02 Å². The molecule has 1 N–H and O–H groups in total. The quantitative estimate of drug-likeness (QED) is 0.882. The van der Waals surface area contributed by atoms with Gasteiger partial charge in [0.1, 0.15) is 11.6 Å². The van der Waals surface area contributed by atoms with Crippen LogP contribution in [0.5, 0.6) is 5.75 Å². The number of carbonyl (C=O) groups is 1. The molecule has 22 heavy (non-hydrogen) atoms. The van der Waals surface area contributed by atoms with Gasteiger partial charge >= 0.3 is 0 Å². The predicted molar refractivity (Wildman–Crippen MR) is 84.7 cm³/mol. The van der Waals surface area contributed by atoms with E-state index in [9.17, 15) is 9.18 Å². The minimum Gasteiger partial charge on any atom is -0.479 e. The van der Waals surface area contributed by atoms with Crippen molar-refractivity contribution >= 4 is 17.5 Å². The summed E-state index contributed by atoms with van der Waals surface area (Å²) >= 11 is 5.98. The van der Waals surface area contributed by atoms with Crippen LogP contribution < -0.4 is 10.1 Å². The first-order valence-electron chi connectivity index (χ1n) is 6.99. The molecule has 2 rings (SSSR count). The summed E-state index contributed by atoms with van der Waals surface area (Å²) in [6.07, 6.45) is -0.0155. The standard InChI is InChI=1S/C17H17ClFNO2/c1-12(22-16-5-3-2-4-15(16)18)17(21)20-11-10-13-6-8-14(19)9-7-13/h2-9,12H,10-11H2,1H3,(H,20,21)/t12-/m1/s1. The zero-order valence-corrected chi connectivity index (χ0v) is 12.9. The molecule has 1 amide bonds. The van der Waals surface area contributed by atoms with Crippen molar-refractivity contribution in [1.82, 2.24) is 5.32 Å². The van der Waals surface area contributed by atoms with Gasteiger partial charge in [-0.05, 0) is 43.2 Å². The van der Waals surface area contributed by atoms with E-state index >= 15 is 0 Å². The molecule has 2 aromatic carbocycles. The Bertz CT molecular complexity index is 631. The van der Waals surface area contributed by atoms with Gasteiger partial charge in [-0.1, -0.05) is 35.9 Å². The van der Waals surface area contributed by atoms with E-state index in [-0.39, 0.29) is 11.7 Å². The molecule has 116 valence electrons. The number of amides is 1. The van der Waals surface area contributed by atoms with Crippen molar-refractivity contribution in [3.63, 3.8) is 0 Å². The molecule has 0 fully saturated rings. The Hall–Kier alpha value is -2.07. The van der Waals surface area contributed by atoms with E-state index in [0.29, 0.717) is 23.7 Å². The van der Waals surface area contributed by atoms with Crippen LogP contribution in [0.15, 0.2) is 48.5 Å². The highest BCUT2D eigenvalue weighted by Crippen LogP contribution is 2.24. The fraction of sp³-hybridized carbons (Fsp3) is 0.235. The molecule has 0 aliphatic rings. The van der Waals surface area contributed by atoms with Gasteiger partial charge in [-0.2, -0.15) is 0 Å². The summed E-state index contributed by atoms with van der Waals surface area (Å²) in [6.45, 7) is 2.12. The van der Waals surface area contributed by atoms with Crippen molar-refractivity contribution in [2.45, 2.75) is 19.4 Å². The van der Waals surface area contributed by atoms with Crippen molar-refractivity contribution in [2.75, 3.05) is 6.54 Å². The Labute approximate surface area is 134 Å². The van der Waals surface area contributed by atoms with Crippen LogP contribution in [0.4, 0.5) is 4.39 Å². The third-order valence-corrected chi connectivity index (χ3v) is 3.45. The molecular weight excluding hydrogens is 305 g/mol.